The van der Waals surface area contributed by atoms with Crippen LogP contribution < -0.4 is 0 Å². The monoisotopic (exact) mass is 894 g/mol. The average Bonchev–Trinajstić information content (AvgIpc) is 3.27. The zero-order valence-electron chi connectivity index (χ0n) is 42.3. The Balaban J connectivity index is 5.41. The highest BCUT2D eigenvalue weighted by Crippen LogP contribution is 2.10. The van der Waals surface area contributed by atoms with Crippen molar-refractivity contribution in [3.05, 3.63) is 97.2 Å². The summed E-state index contributed by atoms with van der Waals surface area (Å²) in [6, 6.07) is 0. The predicted molar refractivity (Wildman–Crippen MR) is 281 cm³/mol. The number of hydrogen-bond acceptors (Lipinski definition) is 7. The van der Waals surface area contributed by atoms with E-state index in [0.717, 1.165) is 103 Å². The molecule has 0 amide bonds. The van der Waals surface area contributed by atoms with Crippen LogP contribution in [0.2, 0.25) is 0 Å². The molecule has 0 aromatic rings. The number of aliphatic hydroxyl groups excluding tert-OH is 4. The molecule has 7 nitrogen and oxygen atoms in total. The minimum absolute atomic E-state index is 0.464. The molecule has 0 fully saturated rings. The lowest BCUT2D eigenvalue weighted by Gasteiger charge is -2.31. The quantitative estimate of drug-likeness (QED) is 0.0357. The van der Waals surface area contributed by atoms with Gasteiger partial charge in [0.2, 0.25) is 0 Å². The maximum Gasteiger partial charge on any atom is 0.0670 e. The van der Waals surface area contributed by atoms with Gasteiger partial charge in [0.05, 0.1) is 24.4 Å². The third kappa shape index (κ3) is 44.8. The molecule has 64 heavy (non-hydrogen) atoms. The summed E-state index contributed by atoms with van der Waals surface area (Å²) in [5.74, 6) is 0. The summed E-state index contributed by atoms with van der Waals surface area (Å²) in [5.41, 5.74) is 0. The smallest absolute Gasteiger partial charge is 0.0670 e. The van der Waals surface area contributed by atoms with E-state index in [1.54, 1.807) is 0 Å². The zero-order chi connectivity index (χ0) is 47.0. The van der Waals surface area contributed by atoms with Crippen molar-refractivity contribution in [2.45, 2.75) is 206 Å². The minimum Gasteiger partial charge on any atom is -0.392 e. The summed E-state index contributed by atoms with van der Waals surface area (Å²) in [6.45, 7) is 14.1. The lowest BCUT2D eigenvalue weighted by atomic mass is 10.1. The molecule has 4 unspecified atom stereocenters. The van der Waals surface area contributed by atoms with E-state index in [9.17, 15) is 20.4 Å². The van der Waals surface area contributed by atoms with Crippen molar-refractivity contribution in [2.24, 2.45) is 0 Å². The standard InChI is InChI=1S/C57H103N3O4/c1-6-10-14-18-22-26-30-34-38-42-54(61)50-59(51-55(62)43-39-35-31-27-23-19-15-11-7-2)48-46-58(5)47-49-60(52-56(63)44-40-36-32-28-24-20-16-12-8-3)53-57(64)45-41-37-33-29-25-21-17-13-9-4/h18-25,30-37,54-57,61-64H,6-17,26-29,38-53H2,1-5H3/b22-18-,23-19-,24-20-,25-21-,34-30-,35-31-,36-32-,37-33-. The Morgan fingerprint density at radius 1 is 0.312 bits per heavy atom. The fourth-order valence-electron chi connectivity index (χ4n) is 7.28. The molecule has 0 aliphatic rings. The van der Waals surface area contributed by atoms with Crippen LogP contribution >= 0.6 is 0 Å². The van der Waals surface area contributed by atoms with E-state index in [-0.39, 0.29) is 0 Å². The van der Waals surface area contributed by atoms with Gasteiger partial charge < -0.3 is 25.3 Å². The Kier molecular flexibility index (Phi) is 46.8. The molecule has 0 aliphatic carbocycles. The van der Waals surface area contributed by atoms with Gasteiger partial charge >= 0.3 is 0 Å². The zero-order valence-corrected chi connectivity index (χ0v) is 42.3. The van der Waals surface area contributed by atoms with Crippen molar-refractivity contribution in [3.63, 3.8) is 0 Å². The van der Waals surface area contributed by atoms with Gasteiger partial charge in [-0.25, -0.2) is 0 Å². The van der Waals surface area contributed by atoms with Crippen LogP contribution in [0.3, 0.4) is 0 Å². The van der Waals surface area contributed by atoms with Gasteiger partial charge in [-0.1, -0.05) is 176 Å². The molecule has 0 heterocycles. The lowest BCUT2D eigenvalue weighted by Crippen LogP contribution is -2.44. The summed E-state index contributed by atoms with van der Waals surface area (Å²) in [4.78, 5) is 6.78. The molecule has 0 aromatic heterocycles. The number of likely N-dealkylation sites (N-methyl/N-ethyl adjacent to an activating group) is 1. The molecule has 0 rings (SSSR count). The second-order valence-electron chi connectivity index (χ2n) is 18.0. The van der Waals surface area contributed by atoms with E-state index in [0.29, 0.717) is 51.9 Å². The minimum atomic E-state index is -0.464. The number of unbranched alkanes of at least 4 members (excludes halogenated alkanes) is 8. The van der Waals surface area contributed by atoms with Crippen molar-refractivity contribution in [1.29, 1.82) is 0 Å². The summed E-state index contributed by atoms with van der Waals surface area (Å²) in [5, 5.41) is 44.4. The van der Waals surface area contributed by atoms with E-state index in [4.69, 9.17) is 0 Å². The summed E-state index contributed by atoms with van der Waals surface area (Å²) < 4.78 is 0. The Bertz CT molecular complexity index is 1050. The fraction of sp³-hybridized carbons (Fsp3) is 0.719. The van der Waals surface area contributed by atoms with E-state index in [1.165, 1.54) is 51.4 Å². The third-order valence-corrected chi connectivity index (χ3v) is 11.5. The maximum absolute atomic E-state index is 11.1. The van der Waals surface area contributed by atoms with Gasteiger partial charge in [0, 0.05) is 52.4 Å². The average molecular weight is 894 g/mol. The summed E-state index contributed by atoms with van der Waals surface area (Å²) in [7, 11) is 2.13. The molecule has 0 saturated carbocycles. The molecular weight excluding hydrogens is 791 g/mol. The second-order valence-corrected chi connectivity index (χ2v) is 18.0. The number of nitrogens with zero attached hydrogens (tertiary/aromatic N) is 3. The van der Waals surface area contributed by atoms with Crippen LogP contribution in [0.25, 0.3) is 0 Å². The molecule has 370 valence electrons. The van der Waals surface area contributed by atoms with Gasteiger partial charge in [-0.2, -0.15) is 0 Å². The van der Waals surface area contributed by atoms with Crippen molar-refractivity contribution in [1.82, 2.24) is 14.7 Å². The number of allylic oxidation sites excluding steroid dienone is 16. The molecule has 0 aliphatic heterocycles. The molecule has 7 heteroatoms. The Morgan fingerprint density at radius 3 is 0.750 bits per heavy atom. The molecule has 0 saturated heterocycles. The molecule has 4 atom stereocenters. The highest BCUT2D eigenvalue weighted by Gasteiger charge is 2.18. The molecular formula is C57H103N3O4. The summed E-state index contributed by atoms with van der Waals surface area (Å²) >= 11 is 0. The van der Waals surface area contributed by atoms with Crippen LogP contribution in [-0.2, 0) is 0 Å². The number of aliphatic hydroxyl groups is 4. The molecule has 0 bridgehead atoms. The Labute approximate surface area is 396 Å². The van der Waals surface area contributed by atoms with Crippen molar-refractivity contribution < 1.29 is 20.4 Å². The van der Waals surface area contributed by atoms with Crippen LogP contribution in [0.1, 0.15) is 182 Å². The van der Waals surface area contributed by atoms with Crippen LogP contribution in [0.15, 0.2) is 97.2 Å². The largest absolute Gasteiger partial charge is 0.392 e. The predicted octanol–water partition coefficient (Wildman–Crippen LogP) is 12.9. The van der Waals surface area contributed by atoms with Gasteiger partial charge in [0.15, 0.2) is 0 Å². The SMILES string of the molecule is CCCC/C=C\C/C=C\CCC(O)CN(CCN(C)CCN(CC(O)CC/C=C\C/C=C\CCCC)CC(O)CC/C=C\C/C=C\CCCC)CC(O)CC/C=C\C/C=C\CCCC. The maximum atomic E-state index is 11.1. The number of rotatable bonds is 46. The number of hydrogen-bond donors (Lipinski definition) is 4. The van der Waals surface area contributed by atoms with Crippen LogP contribution in [0.5, 0.6) is 0 Å². The van der Waals surface area contributed by atoms with Crippen LogP contribution in [-0.4, -0.2) is 119 Å². The van der Waals surface area contributed by atoms with Crippen molar-refractivity contribution in [3.8, 4) is 0 Å². The molecule has 0 spiro atoms. The lowest BCUT2D eigenvalue weighted by molar-refractivity contribution is 0.0517. The fourth-order valence-corrected chi connectivity index (χ4v) is 7.28. The highest BCUT2D eigenvalue weighted by molar-refractivity contribution is 4.96. The molecule has 4 N–H and O–H groups in total. The van der Waals surface area contributed by atoms with E-state index < -0.39 is 24.4 Å². The topological polar surface area (TPSA) is 90.6 Å². The van der Waals surface area contributed by atoms with Gasteiger partial charge in [-0.05, 0) is 110 Å². The Hall–Kier alpha value is -2.36. The van der Waals surface area contributed by atoms with E-state index >= 15 is 0 Å². The highest BCUT2D eigenvalue weighted by atomic mass is 16.3. The molecule has 0 aromatic carbocycles. The van der Waals surface area contributed by atoms with Crippen LogP contribution in [0.4, 0.5) is 0 Å². The first-order valence-electron chi connectivity index (χ1n) is 26.3. The van der Waals surface area contributed by atoms with E-state index in [1.807, 2.05) is 0 Å². The van der Waals surface area contributed by atoms with Crippen LogP contribution in [0, 0.1) is 0 Å². The van der Waals surface area contributed by atoms with Crippen molar-refractivity contribution in [2.75, 3.05) is 59.4 Å². The van der Waals surface area contributed by atoms with Gasteiger partial charge in [0.25, 0.3) is 0 Å². The first-order chi connectivity index (χ1) is 31.2. The third-order valence-electron chi connectivity index (χ3n) is 11.5. The van der Waals surface area contributed by atoms with Gasteiger partial charge in [0.1, 0.15) is 0 Å². The second kappa shape index (κ2) is 48.6. The Morgan fingerprint density at radius 2 is 0.531 bits per heavy atom. The normalized spacial score (nSPS) is 15.1. The van der Waals surface area contributed by atoms with Crippen molar-refractivity contribution >= 4 is 0 Å². The van der Waals surface area contributed by atoms with E-state index in [2.05, 4.69) is 147 Å². The first kappa shape index (κ1) is 61.6. The first-order valence-corrected chi connectivity index (χ1v) is 26.3. The summed E-state index contributed by atoms with van der Waals surface area (Å²) in [6.07, 6.45) is 57.9. The van der Waals surface area contributed by atoms with Gasteiger partial charge in [-0.15, -0.1) is 0 Å². The van der Waals surface area contributed by atoms with Gasteiger partial charge in [-0.3, -0.25) is 9.80 Å². The molecule has 0 radical (unpaired) electrons.